The Labute approximate surface area is 116 Å². The van der Waals surface area contributed by atoms with Crippen molar-refractivity contribution in [3.8, 4) is 11.5 Å². The number of amides is 1. The molecule has 0 saturated carbocycles. The fraction of sp³-hybridized carbons (Fsp3) is 0.385. The van der Waals surface area contributed by atoms with E-state index in [0.29, 0.717) is 17.2 Å². The molecule has 0 unspecified atom stereocenters. The van der Waals surface area contributed by atoms with Crippen molar-refractivity contribution in [2.45, 2.75) is 0 Å². The fourth-order valence-electron chi connectivity index (χ4n) is 1.39. The molecule has 7 nitrogen and oxygen atoms in total. The number of ether oxygens (including phenoxy) is 4. The number of carbonyl (C=O) groups is 2. The van der Waals surface area contributed by atoms with Crippen molar-refractivity contribution in [2.24, 2.45) is 0 Å². The summed E-state index contributed by atoms with van der Waals surface area (Å²) in [7, 11) is 4.37. The van der Waals surface area contributed by atoms with Gasteiger partial charge in [0.2, 0.25) is 0 Å². The highest BCUT2D eigenvalue weighted by Crippen LogP contribution is 2.28. The van der Waals surface area contributed by atoms with Gasteiger partial charge in [0.15, 0.2) is 6.61 Å². The van der Waals surface area contributed by atoms with Crippen LogP contribution in [0.4, 0.5) is 5.69 Å². The molecule has 1 N–H and O–H groups in total. The summed E-state index contributed by atoms with van der Waals surface area (Å²) in [5.74, 6) is -0.0328. The maximum atomic E-state index is 11.6. The largest absolute Gasteiger partial charge is 0.497 e. The van der Waals surface area contributed by atoms with Crippen LogP contribution in [0.5, 0.6) is 11.5 Å². The van der Waals surface area contributed by atoms with Crippen LogP contribution in [0, 0.1) is 0 Å². The SMILES string of the molecule is COCC(=O)OCC(=O)Nc1ccc(OC)cc1OC. The zero-order valence-corrected chi connectivity index (χ0v) is 11.6. The average molecular weight is 283 g/mol. The molecule has 1 amide bonds. The van der Waals surface area contributed by atoms with Gasteiger partial charge in [-0.15, -0.1) is 0 Å². The lowest BCUT2D eigenvalue weighted by atomic mass is 10.2. The number of esters is 1. The Morgan fingerprint density at radius 2 is 1.85 bits per heavy atom. The van der Waals surface area contributed by atoms with Crippen LogP contribution >= 0.6 is 0 Å². The Balaban J connectivity index is 2.59. The molecule has 0 atom stereocenters. The van der Waals surface area contributed by atoms with E-state index in [2.05, 4.69) is 10.1 Å². The number of hydrogen-bond donors (Lipinski definition) is 1. The smallest absolute Gasteiger partial charge is 0.332 e. The van der Waals surface area contributed by atoms with Crippen LogP contribution in [0.25, 0.3) is 0 Å². The number of anilines is 1. The first-order chi connectivity index (χ1) is 9.60. The van der Waals surface area contributed by atoms with Crippen molar-refractivity contribution in [1.82, 2.24) is 0 Å². The quantitative estimate of drug-likeness (QED) is 0.746. The molecule has 1 aromatic rings. The second-order valence-corrected chi connectivity index (χ2v) is 3.71. The first-order valence-electron chi connectivity index (χ1n) is 5.77. The molecule has 0 heterocycles. The van der Waals surface area contributed by atoms with Crippen LogP contribution in [0.2, 0.25) is 0 Å². The Bertz CT molecular complexity index is 474. The molecule has 0 aliphatic rings. The van der Waals surface area contributed by atoms with Gasteiger partial charge in [-0.25, -0.2) is 4.79 Å². The monoisotopic (exact) mass is 283 g/mol. The zero-order valence-electron chi connectivity index (χ0n) is 11.6. The number of rotatable bonds is 7. The van der Waals surface area contributed by atoms with Crippen molar-refractivity contribution in [3.05, 3.63) is 18.2 Å². The maximum absolute atomic E-state index is 11.6. The molecular formula is C13H17NO6. The van der Waals surface area contributed by atoms with Gasteiger partial charge in [-0.3, -0.25) is 4.79 Å². The Morgan fingerprint density at radius 1 is 1.10 bits per heavy atom. The Morgan fingerprint density at radius 3 is 2.45 bits per heavy atom. The fourth-order valence-corrected chi connectivity index (χ4v) is 1.39. The highest BCUT2D eigenvalue weighted by Gasteiger charge is 2.11. The summed E-state index contributed by atoms with van der Waals surface area (Å²) in [6.07, 6.45) is 0. The molecule has 1 aromatic carbocycles. The minimum Gasteiger partial charge on any atom is -0.497 e. The summed E-state index contributed by atoms with van der Waals surface area (Å²) >= 11 is 0. The van der Waals surface area contributed by atoms with E-state index in [1.165, 1.54) is 21.3 Å². The molecule has 0 aromatic heterocycles. The molecule has 0 radical (unpaired) electrons. The lowest BCUT2D eigenvalue weighted by molar-refractivity contribution is -0.150. The highest BCUT2D eigenvalue weighted by molar-refractivity contribution is 5.94. The number of methoxy groups -OCH3 is 3. The van der Waals surface area contributed by atoms with Gasteiger partial charge in [0.05, 0.1) is 19.9 Å². The van der Waals surface area contributed by atoms with E-state index in [1.54, 1.807) is 18.2 Å². The van der Waals surface area contributed by atoms with E-state index < -0.39 is 18.5 Å². The second kappa shape index (κ2) is 8.00. The molecule has 0 bridgehead atoms. The third kappa shape index (κ3) is 4.77. The molecular weight excluding hydrogens is 266 g/mol. The minimum atomic E-state index is -0.607. The maximum Gasteiger partial charge on any atom is 0.332 e. The normalized spacial score (nSPS) is 9.75. The van der Waals surface area contributed by atoms with Crippen molar-refractivity contribution >= 4 is 17.6 Å². The molecule has 20 heavy (non-hydrogen) atoms. The van der Waals surface area contributed by atoms with Crippen molar-refractivity contribution < 1.29 is 28.5 Å². The predicted molar refractivity (Wildman–Crippen MR) is 71.0 cm³/mol. The van der Waals surface area contributed by atoms with Crippen LogP contribution in [0.3, 0.4) is 0 Å². The number of benzene rings is 1. The van der Waals surface area contributed by atoms with E-state index in [-0.39, 0.29) is 6.61 Å². The van der Waals surface area contributed by atoms with E-state index in [1.807, 2.05) is 0 Å². The molecule has 7 heteroatoms. The summed E-state index contributed by atoms with van der Waals surface area (Å²) in [6.45, 7) is -0.587. The Kier molecular flexibility index (Phi) is 6.31. The van der Waals surface area contributed by atoms with Crippen molar-refractivity contribution in [2.75, 3.05) is 39.9 Å². The first-order valence-corrected chi connectivity index (χ1v) is 5.77. The third-order valence-electron chi connectivity index (χ3n) is 2.31. The summed E-state index contributed by atoms with van der Waals surface area (Å²) in [6, 6.07) is 4.94. The molecule has 110 valence electrons. The van der Waals surface area contributed by atoms with E-state index in [0.717, 1.165) is 0 Å². The van der Waals surface area contributed by atoms with Crippen LogP contribution in [-0.2, 0) is 19.1 Å². The topological polar surface area (TPSA) is 83.1 Å². The summed E-state index contributed by atoms with van der Waals surface area (Å²) in [5.41, 5.74) is 0.459. The van der Waals surface area contributed by atoms with Crippen LogP contribution in [0.15, 0.2) is 18.2 Å². The van der Waals surface area contributed by atoms with Crippen LogP contribution in [-0.4, -0.2) is 46.4 Å². The summed E-state index contributed by atoms with van der Waals surface area (Å²) in [4.78, 5) is 22.7. The molecule has 1 rings (SSSR count). The molecule has 0 saturated heterocycles. The molecule has 0 spiro atoms. The minimum absolute atomic E-state index is 0.195. The van der Waals surface area contributed by atoms with Gasteiger partial charge < -0.3 is 24.3 Å². The van der Waals surface area contributed by atoms with Gasteiger partial charge in [0, 0.05) is 13.2 Å². The average Bonchev–Trinajstić information content (AvgIpc) is 2.46. The third-order valence-corrected chi connectivity index (χ3v) is 2.31. The number of nitrogens with one attached hydrogen (secondary N) is 1. The summed E-state index contributed by atoms with van der Waals surface area (Å²) in [5, 5.41) is 2.57. The first kappa shape index (κ1) is 15.8. The van der Waals surface area contributed by atoms with Gasteiger partial charge in [0.25, 0.3) is 5.91 Å². The summed E-state index contributed by atoms with van der Waals surface area (Å²) < 4.78 is 19.4. The zero-order chi connectivity index (χ0) is 15.0. The molecule has 0 fully saturated rings. The number of carbonyl (C=O) groups excluding carboxylic acids is 2. The lowest BCUT2D eigenvalue weighted by Gasteiger charge is -2.11. The predicted octanol–water partition coefficient (Wildman–Crippen LogP) is 0.832. The van der Waals surface area contributed by atoms with Crippen LogP contribution in [0.1, 0.15) is 0 Å². The van der Waals surface area contributed by atoms with Gasteiger partial charge in [0.1, 0.15) is 18.1 Å². The van der Waals surface area contributed by atoms with E-state index in [9.17, 15) is 9.59 Å². The van der Waals surface area contributed by atoms with Gasteiger partial charge in [-0.05, 0) is 12.1 Å². The van der Waals surface area contributed by atoms with Crippen LogP contribution < -0.4 is 14.8 Å². The van der Waals surface area contributed by atoms with Crippen molar-refractivity contribution in [1.29, 1.82) is 0 Å². The standard InChI is InChI=1S/C13H17NO6/c1-17-8-13(16)20-7-12(15)14-10-5-4-9(18-2)6-11(10)19-3/h4-6H,7-8H2,1-3H3,(H,14,15). The Hall–Kier alpha value is -2.28. The van der Waals surface area contributed by atoms with Crippen molar-refractivity contribution in [3.63, 3.8) is 0 Å². The van der Waals surface area contributed by atoms with Gasteiger partial charge in [-0.1, -0.05) is 0 Å². The highest BCUT2D eigenvalue weighted by atomic mass is 16.6. The van der Waals surface area contributed by atoms with Gasteiger partial charge >= 0.3 is 5.97 Å². The molecule has 0 aliphatic heterocycles. The second-order valence-electron chi connectivity index (χ2n) is 3.71. The van der Waals surface area contributed by atoms with E-state index >= 15 is 0 Å². The van der Waals surface area contributed by atoms with E-state index in [4.69, 9.17) is 14.2 Å². The van der Waals surface area contributed by atoms with Gasteiger partial charge in [-0.2, -0.15) is 0 Å². The lowest BCUT2D eigenvalue weighted by Crippen LogP contribution is -2.22. The number of hydrogen-bond acceptors (Lipinski definition) is 6. The molecule has 0 aliphatic carbocycles.